The third kappa shape index (κ3) is 2.57. The van der Waals surface area contributed by atoms with Crippen LogP contribution in [0.25, 0.3) is 0 Å². The second kappa shape index (κ2) is 5.14. The summed E-state index contributed by atoms with van der Waals surface area (Å²) in [7, 11) is 1.51. The first-order valence-electron chi connectivity index (χ1n) is 4.26. The zero-order chi connectivity index (χ0) is 10.6. The largest absolute Gasteiger partial charge is 0.495 e. The van der Waals surface area contributed by atoms with Crippen LogP contribution >= 0.6 is 11.6 Å². The molecule has 0 spiro atoms. The lowest BCUT2D eigenvalue weighted by molar-refractivity contribution is 0.165. The Bertz CT molecular complexity index is 307. The minimum atomic E-state index is -0.661. The number of aromatic nitrogens is 1. The Balaban J connectivity index is 2.88. The van der Waals surface area contributed by atoms with Gasteiger partial charge in [0.1, 0.15) is 10.8 Å². The summed E-state index contributed by atoms with van der Waals surface area (Å²) in [5.41, 5.74) is 5.85. The molecule has 1 heterocycles. The predicted molar refractivity (Wildman–Crippen MR) is 54.4 cm³/mol. The Kier molecular flexibility index (Phi) is 4.13. The van der Waals surface area contributed by atoms with Gasteiger partial charge >= 0.3 is 0 Å². The number of pyridine rings is 1. The molecule has 0 aliphatic rings. The van der Waals surface area contributed by atoms with Gasteiger partial charge in [-0.05, 0) is 13.0 Å². The first-order valence-corrected chi connectivity index (χ1v) is 4.64. The van der Waals surface area contributed by atoms with E-state index < -0.39 is 6.10 Å². The van der Waals surface area contributed by atoms with Crippen LogP contribution in [0.15, 0.2) is 12.3 Å². The van der Waals surface area contributed by atoms with Gasteiger partial charge in [-0.1, -0.05) is 11.6 Å². The number of aliphatic hydroxyl groups excluding tert-OH is 1. The van der Waals surface area contributed by atoms with Gasteiger partial charge in [-0.15, -0.1) is 0 Å². The molecule has 1 aromatic heterocycles. The number of rotatable bonds is 4. The van der Waals surface area contributed by atoms with E-state index in [2.05, 4.69) is 4.98 Å². The minimum absolute atomic E-state index is 0.411. The molecule has 14 heavy (non-hydrogen) atoms. The molecule has 0 amide bonds. The first-order chi connectivity index (χ1) is 6.69. The quantitative estimate of drug-likeness (QED) is 0.792. The Hall–Kier alpha value is -0.840. The van der Waals surface area contributed by atoms with Gasteiger partial charge in [-0.3, -0.25) is 4.98 Å². The zero-order valence-electron chi connectivity index (χ0n) is 7.90. The first kappa shape index (κ1) is 11.2. The van der Waals surface area contributed by atoms with Crippen molar-refractivity contribution < 1.29 is 9.84 Å². The molecule has 0 aromatic carbocycles. The number of nitrogens with zero attached hydrogens (tertiary/aromatic N) is 1. The topological polar surface area (TPSA) is 68.4 Å². The van der Waals surface area contributed by atoms with Crippen LogP contribution in [-0.2, 0) is 0 Å². The maximum absolute atomic E-state index is 9.59. The van der Waals surface area contributed by atoms with E-state index in [1.165, 1.54) is 13.3 Å². The van der Waals surface area contributed by atoms with Gasteiger partial charge in [0.25, 0.3) is 0 Å². The Morgan fingerprint density at radius 1 is 1.71 bits per heavy atom. The maximum Gasteiger partial charge on any atom is 0.140 e. The number of hydrogen-bond donors (Lipinski definition) is 2. The number of ether oxygens (including phenoxy) is 1. The van der Waals surface area contributed by atoms with Crippen LogP contribution in [0.2, 0.25) is 5.02 Å². The van der Waals surface area contributed by atoms with Gasteiger partial charge in [-0.2, -0.15) is 0 Å². The molecular formula is C9H13ClN2O2. The predicted octanol–water partition coefficient (Wildman–Crippen LogP) is 1.13. The lowest BCUT2D eigenvalue weighted by Gasteiger charge is -2.10. The van der Waals surface area contributed by atoms with Gasteiger partial charge in [0, 0.05) is 12.3 Å². The molecule has 0 aliphatic carbocycles. The smallest absolute Gasteiger partial charge is 0.140 e. The molecule has 3 N–H and O–H groups in total. The fourth-order valence-corrected chi connectivity index (χ4v) is 1.26. The molecule has 0 bridgehead atoms. The molecule has 0 saturated carbocycles. The highest BCUT2D eigenvalue weighted by molar-refractivity contribution is 6.31. The van der Waals surface area contributed by atoms with Crippen molar-refractivity contribution in [3.05, 3.63) is 23.0 Å². The fourth-order valence-electron chi connectivity index (χ4n) is 1.08. The minimum Gasteiger partial charge on any atom is -0.495 e. The van der Waals surface area contributed by atoms with Crippen molar-refractivity contribution in [3.8, 4) is 5.75 Å². The molecule has 0 aliphatic heterocycles. The van der Waals surface area contributed by atoms with Crippen molar-refractivity contribution >= 4 is 11.6 Å². The van der Waals surface area contributed by atoms with Crippen LogP contribution in [0.1, 0.15) is 18.2 Å². The van der Waals surface area contributed by atoms with Crippen LogP contribution in [-0.4, -0.2) is 23.7 Å². The molecule has 1 atom stereocenters. The van der Waals surface area contributed by atoms with Crippen molar-refractivity contribution in [2.75, 3.05) is 13.7 Å². The standard InChI is InChI=1S/C9H13ClN2O2/c1-14-9-4-7(8(13)2-3-11)12-5-6(9)10/h4-5,8,13H,2-3,11H2,1H3. The summed E-state index contributed by atoms with van der Waals surface area (Å²) in [5, 5.41) is 10.0. The molecule has 5 heteroatoms. The lowest BCUT2D eigenvalue weighted by atomic mass is 10.1. The Labute approximate surface area is 87.7 Å². The van der Waals surface area contributed by atoms with E-state index >= 15 is 0 Å². The zero-order valence-corrected chi connectivity index (χ0v) is 8.66. The van der Waals surface area contributed by atoms with Crippen molar-refractivity contribution in [2.45, 2.75) is 12.5 Å². The fraction of sp³-hybridized carbons (Fsp3) is 0.444. The summed E-state index contributed by atoms with van der Waals surface area (Å²) in [6.07, 6.45) is 1.26. The third-order valence-electron chi connectivity index (χ3n) is 1.84. The highest BCUT2D eigenvalue weighted by atomic mass is 35.5. The summed E-state index contributed by atoms with van der Waals surface area (Å²) in [6, 6.07) is 1.61. The van der Waals surface area contributed by atoms with E-state index in [-0.39, 0.29) is 0 Å². The number of halogens is 1. The number of hydrogen-bond acceptors (Lipinski definition) is 4. The maximum atomic E-state index is 9.59. The summed E-state index contributed by atoms with van der Waals surface area (Å²) >= 11 is 5.78. The van der Waals surface area contributed by atoms with Gasteiger partial charge in [-0.25, -0.2) is 0 Å². The Morgan fingerprint density at radius 2 is 2.43 bits per heavy atom. The van der Waals surface area contributed by atoms with Gasteiger partial charge < -0.3 is 15.6 Å². The average Bonchev–Trinajstić information content (AvgIpc) is 2.19. The molecule has 0 radical (unpaired) electrons. The second-order valence-corrected chi connectivity index (χ2v) is 3.24. The number of aliphatic hydroxyl groups is 1. The van der Waals surface area contributed by atoms with Crippen LogP contribution in [0, 0.1) is 0 Å². The van der Waals surface area contributed by atoms with E-state index in [0.29, 0.717) is 29.4 Å². The summed E-state index contributed by atoms with van der Waals surface area (Å²) in [5.74, 6) is 0.507. The van der Waals surface area contributed by atoms with Crippen molar-refractivity contribution in [1.29, 1.82) is 0 Å². The molecular weight excluding hydrogens is 204 g/mol. The van der Waals surface area contributed by atoms with E-state index in [1.807, 2.05) is 0 Å². The number of methoxy groups -OCH3 is 1. The molecule has 4 nitrogen and oxygen atoms in total. The van der Waals surface area contributed by atoms with E-state index in [4.69, 9.17) is 22.1 Å². The second-order valence-electron chi connectivity index (χ2n) is 2.84. The molecule has 78 valence electrons. The van der Waals surface area contributed by atoms with Crippen LogP contribution in [0.3, 0.4) is 0 Å². The highest BCUT2D eigenvalue weighted by Gasteiger charge is 2.10. The van der Waals surface area contributed by atoms with Crippen LogP contribution in [0.5, 0.6) is 5.75 Å². The third-order valence-corrected chi connectivity index (χ3v) is 2.13. The van der Waals surface area contributed by atoms with E-state index in [9.17, 15) is 5.11 Å². The molecule has 1 rings (SSSR count). The van der Waals surface area contributed by atoms with Gasteiger partial charge in [0.2, 0.25) is 0 Å². The molecule has 0 fully saturated rings. The molecule has 0 saturated heterocycles. The summed E-state index contributed by atoms with van der Waals surface area (Å²) < 4.78 is 5.00. The van der Waals surface area contributed by atoms with Crippen molar-refractivity contribution in [1.82, 2.24) is 4.98 Å². The SMILES string of the molecule is COc1cc(C(O)CCN)ncc1Cl. The molecule has 1 unspecified atom stereocenters. The van der Waals surface area contributed by atoms with Crippen LogP contribution < -0.4 is 10.5 Å². The molecule has 1 aromatic rings. The highest BCUT2D eigenvalue weighted by Crippen LogP contribution is 2.26. The van der Waals surface area contributed by atoms with Crippen molar-refractivity contribution in [3.63, 3.8) is 0 Å². The Morgan fingerprint density at radius 3 is 3.00 bits per heavy atom. The number of nitrogens with two attached hydrogens (primary N) is 1. The normalized spacial score (nSPS) is 12.6. The summed E-state index contributed by atoms with van der Waals surface area (Å²) in [4.78, 5) is 3.99. The van der Waals surface area contributed by atoms with E-state index in [1.54, 1.807) is 6.07 Å². The monoisotopic (exact) mass is 216 g/mol. The van der Waals surface area contributed by atoms with Gasteiger partial charge in [0.05, 0.1) is 18.9 Å². The van der Waals surface area contributed by atoms with Crippen molar-refractivity contribution in [2.24, 2.45) is 5.73 Å². The average molecular weight is 217 g/mol. The van der Waals surface area contributed by atoms with E-state index in [0.717, 1.165) is 0 Å². The van der Waals surface area contributed by atoms with Crippen LogP contribution in [0.4, 0.5) is 0 Å². The lowest BCUT2D eigenvalue weighted by Crippen LogP contribution is -2.08. The summed E-state index contributed by atoms with van der Waals surface area (Å²) in [6.45, 7) is 0.411. The van der Waals surface area contributed by atoms with Gasteiger partial charge in [0.15, 0.2) is 0 Å².